The fourth-order valence-electron chi connectivity index (χ4n) is 2.76. The first-order valence-corrected chi connectivity index (χ1v) is 7.59. The molecule has 1 fully saturated rings. The molecule has 0 spiro atoms. The van der Waals surface area contributed by atoms with Gasteiger partial charge in [0.25, 0.3) is 0 Å². The Morgan fingerprint density at radius 1 is 1.44 bits per heavy atom. The molecule has 0 aromatic carbocycles. The summed E-state index contributed by atoms with van der Waals surface area (Å²) in [5.41, 5.74) is 1.52. The SMILES string of the molecule is CCCNC(Cc1ccsc1)C1CCCC1. The Labute approximate surface area is 103 Å². The summed E-state index contributed by atoms with van der Waals surface area (Å²) in [6.07, 6.45) is 8.23. The molecule has 1 aromatic rings. The van der Waals surface area contributed by atoms with Crippen LogP contribution in [0.15, 0.2) is 16.8 Å². The van der Waals surface area contributed by atoms with Crippen molar-refractivity contribution in [1.82, 2.24) is 5.32 Å². The summed E-state index contributed by atoms with van der Waals surface area (Å²) in [5, 5.41) is 8.25. The van der Waals surface area contributed by atoms with Crippen molar-refractivity contribution in [2.75, 3.05) is 6.54 Å². The van der Waals surface area contributed by atoms with Crippen molar-refractivity contribution in [1.29, 1.82) is 0 Å². The van der Waals surface area contributed by atoms with Gasteiger partial charge in [0.15, 0.2) is 0 Å². The molecule has 0 saturated heterocycles. The fourth-order valence-corrected chi connectivity index (χ4v) is 3.44. The van der Waals surface area contributed by atoms with Gasteiger partial charge in [-0.05, 0) is 60.5 Å². The van der Waals surface area contributed by atoms with Crippen LogP contribution >= 0.6 is 11.3 Å². The van der Waals surface area contributed by atoms with Crippen molar-refractivity contribution in [2.45, 2.75) is 51.5 Å². The van der Waals surface area contributed by atoms with Gasteiger partial charge in [0.05, 0.1) is 0 Å². The first kappa shape index (κ1) is 12.1. The minimum atomic E-state index is 0.719. The molecule has 0 bridgehead atoms. The average molecular weight is 237 g/mol. The Hall–Kier alpha value is -0.340. The molecule has 0 amide bonds. The number of hydrogen-bond acceptors (Lipinski definition) is 2. The number of thiophene rings is 1. The van der Waals surface area contributed by atoms with Gasteiger partial charge >= 0.3 is 0 Å². The number of hydrogen-bond donors (Lipinski definition) is 1. The summed E-state index contributed by atoms with van der Waals surface area (Å²) in [7, 11) is 0. The monoisotopic (exact) mass is 237 g/mol. The molecular formula is C14H23NS. The van der Waals surface area contributed by atoms with Crippen LogP contribution in [-0.2, 0) is 6.42 Å². The predicted molar refractivity (Wildman–Crippen MR) is 72.1 cm³/mol. The third kappa shape index (κ3) is 3.33. The lowest BCUT2D eigenvalue weighted by molar-refractivity contribution is 0.357. The van der Waals surface area contributed by atoms with E-state index in [1.807, 2.05) is 11.3 Å². The minimum absolute atomic E-state index is 0.719. The largest absolute Gasteiger partial charge is 0.313 e. The summed E-state index contributed by atoms with van der Waals surface area (Å²) in [6.45, 7) is 3.43. The molecule has 1 unspecified atom stereocenters. The van der Waals surface area contributed by atoms with E-state index >= 15 is 0 Å². The lowest BCUT2D eigenvalue weighted by Gasteiger charge is -2.24. The molecule has 2 rings (SSSR count). The zero-order valence-electron chi connectivity index (χ0n) is 10.2. The van der Waals surface area contributed by atoms with E-state index in [1.54, 1.807) is 0 Å². The minimum Gasteiger partial charge on any atom is -0.313 e. The molecule has 1 heterocycles. The van der Waals surface area contributed by atoms with Gasteiger partial charge in [0.2, 0.25) is 0 Å². The van der Waals surface area contributed by atoms with Crippen molar-refractivity contribution in [3.8, 4) is 0 Å². The molecule has 1 saturated carbocycles. The zero-order valence-corrected chi connectivity index (χ0v) is 11.1. The van der Waals surface area contributed by atoms with E-state index < -0.39 is 0 Å². The van der Waals surface area contributed by atoms with Gasteiger partial charge in [-0.2, -0.15) is 11.3 Å². The van der Waals surface area contributed by atoms with Crippen LogP contribution in [0.5, 0.6) is 0 Å². The van der Waals surface area contributed by atoms with Crippen LogP contribution in [0.3, 0.4) is 0 Å². The van der Waals surface area contributed by atoms with E-state index in [2.05, 4.69) is 29.1 Å². The van der Waals surface area contributed by atoms with Gasteiger partial charge in [-0.1, -0.05) is 19.8 Å². The van der Waals surface area contributed by atoms with Crippen molar-refractivity contribution in [3.63, 3.8) is 0 Å². The maximum absolute atomic E-state index is 3.75. The normalized spacial score (nSPS) is 19.1. The van der Waals surface area contributed by atoms with Crippen LogP contribution < -0.4 is 5.32 Å². The van der Waals surface area contributed by atoms with Crippen molar-refractivity contribution < 1.29 is 0 Å². The van der Waals surface area contributed by atoms with Gasteiger partial charge in [-0.15, -0.1) is 0 Å². The summed E-state index contributed by atoms with van der Waals surface area (Å²) < 4.78 is 0. The van der Waals surface area contributed by atoms with E-state index in [-0.39, 0.29) is 0 Å². The van der Waals surface area contributed by atoms with Crippen molar-refractivity contribution in [3.05, 3.63) is 22.4 Å². The first-order valence-electron chi connectivity index (χ1n) is 6.64. The van der Waals surface area contributed by atoms with Crippen LogP contribution in [0.2, 0.25) is 0 Å². The number of nitrogens with one attached hydrogen (secondary N) is 1. The highest BCUT2D eigenvalue weighted by atomic mass is 32.1. The zero-order chi connectivity index (χ0) is 11.2. The average Bonchev–Trinajstić information content (AvgIpc) is 2.96. The van der Waals surface area contributed by atoms with Gasteiger partial charge in [0.1, 0.15) is 0 Å². The summed E-state index contributed by atoms with van der Waals surface area (Å²) in [4.78, 5) is 0. The molecule has 90 valence electrons. The second-order valence-corrected chi connectivity index (χ2v) is 5.72. The Morgan fingerprint density at radius 2 is 2.25 bits per heavy atom. The van der Waals surface area contributed by atoms with E-state index in [0.717, 1.165) is 12.0 Å². The quantitative estimate of drug-likeness (QED) is 0.792. The molecule has 1 N–H and O–H groups in total. The maximum Gasteiger partial charge on any atom is 0.0136 e. The van der Waals surface area contributed by atoms with E-state index in [9.17, 15) is 0 Å². The summed E-state index contributed by atoms with van der Waals surface area (Å²) in [5.74, 6) is 0.923. The highest BCUT2D eigenvalue weighted by Crippen LogP contribution is 2.29. The Bertz CT molecular complexity index is 275. The Balaban J connectivity index is 1.90. The van der Waals surface area contributed by atoms with Crippen molar-refractivity contribution in [2.24, 2.45) is 5.92 Å². The third-order valence-corrected chi connectivity index (χ3v) is 4.39. The van der Waals surface area contributed by atoms with Crippen LogP contribution in [0.4, 0.5) is 0 Å². The maximum atomic E-state index is 3.75. The van der Waals surface area contributed by atoms with Crippen molar-refractivity contribution >= 4 is 11.3 Å². The Kier molecular flexibility index (Phi) is 4.86. The van der Waals surface area contributed by atoms with E-state index in [4.69, 9.17) is 0 Å². The number of rotatable bonds is 6. The Morgan fingerprint density at radius 3 is 2.88 bits per heavy atom. The second-order valence-electron chi connectivity index (χ2n) is 4.94. The smallest absolute Gasteiger partial charge is 0.0136 e. The second kappa shape index (κ2) is 6.41. The summed E-state index contributed by atoms with van der Waals surface area (Å²) in [6, 6.07) is 3.00. The van der Waals surface area contributed by atoms with E-state index in [0.29, 0.717) is 0 Å². The molecule has 1 nitrogen and oxygen atoms in total. The van der Waals surface area contributed by atoms with Crippen LogP contribution in [0.25, 0.3) is 0 Å². The summed E-state index contributed by atoms with van der Waals surface area (Å²) >= 11 is 1.82. The molecule has 1 aromatic heterocycles. The molecule has 1 atom stereocenters. The molecule has 0 aliphatic heterocycles. The van der Waals surface area contributed by atoms with Gasteiger partial charge in [-0.3, -0.25) is 0 Å². The fraction of sp³-hybridized carbons (Fsp3) is 0.714. The molecule has 0 radical (unpaired) electrons. The standard InChI is InChI=1S/C14H23NS/c1-2-8-15-14(13-5-3-4-6-13)10-12-7-9-16-11-12/h7,9,11,13-15H,2-6,8,10H2,1H3. The lowest BCUT2D eigenvalue weighted by Crippen LogP contribution is -2.37. The predicted octanol–water partition coefficient (Wildman–Crippen LogP) is 3.85. The van der Waals surface area contributed by atoms with Crippen LogP contribution in [0, 0.1) is 5.92 Å². The van der Waals surface area contributed by atoms with Gasteiger partial charge in [0, 0.05) is 6.04 Å². The first-order chi connectivity index (χ1) is 7.90. The molecule has 1 aliphatic carbocycles. The highest BCUT2D eigenvalue weighted by Gasteiger charge is 2.24. The molecule has 16 heavy (non-hydrogen) atoms. The molecular weight excluding hydrogens is 214 g/mol. The van der Waals surface area contributed by atoms with Crippen LogP contribution in [0.1, 0.15) is 44.6 Å². The van der Waals surface area contributed by atoms with E-state index in [1.165, 1.54) is 50.6 Å². The van der Waals surface area contributed by atoms with Gasteiger partial charge < -0.3 is 5.32 Å². The van der Waals surface area contributed by atoms with Gasteiger partial charge in [-0.25, -0.2) is 0 Å². The molecule has 2 heteroatoms. The molecule has 1 aliphatic rings. The topological polar surface area (TPSA) is 12.0 Å². The lowest BCUT2D eigenvalue weighted by atomic mass is 9.93. The van der Waals surface area contributed by atoms with Crippen LogP contribution in [-0.4, -0.2) is 12.6 Å². The highest BCUT2D eigenvalue weighted by molar-refractivity contribution is 7.07. The third-order valence-electron chi connectivity index (χ3n) is 3.66.